The molecule has 30 heavy (non-hydrogen) atoms. The van der Waals surface area contributed by atoms with Crippen molar-refractivity contribution in [3.63, 3.8) is 0 Å². The fraction of sp³-hybridized carbons (Fsp3) is 0.318. The Morgan fingerprint density at radius 3 is 2.17 bits per heavy atom. The van der Waals surface area contributed by atoms with Crippen molar-refractivity contribution in [2.75, 3.05) is 21.3 Å². The van der Waals surface area contributed by atoms with Crippen molar-refractivity contribution in [3.8, 4) is 22.9 Å². The van der Waals surface area contributed by atoms with Crippen LogP contribution in [0.2, 0.25) is 0 Å². The summed E-state index contributed by atoms with van der Waals surface area (Å²) in [6, 6.07) is 9.40. The van der Waals surface area contributed by atoms with E-state index < -0.39 is 5.97 Å². The molecule has 0 aliphatic carbocycles. The maximum absolute atomic E-state index is 12.6. The minimum Gasteiger partial charge on any atom is -0.493 e. The summed E-state index contributed by atoms with van der Waals surface area (Å²) in [5.41, 5.74) is 4.32. The molecule has 8 nitrogen and oxygen atoms in total. The van der Waals surface area contributed by atoms with Crippen LogP contribution < -0.4 is 14.2 Å². The van der Waals surface area contributed by atoms with Crippen molar-refractivity contribution in [2.24, 2.45) is 0 Å². The summed E-state index contributed by atoms with van der Waals surface area (Å²) in [5, 5.41) is 8.71. The number of carbonyl (C=O) groups excluding carboxylic acids is 1. The number of esters is 1. The van der Waals surface area contributed by atoms with Crippen LogP contribution in [0.15, 0.2) is 30.3 Å². The highest BCUT2D eigenvalue weighted by Gasteiger charge is 2.20. The fourth-order valence-corrected chi connectivity index (χ4v) is 3.14. The van der Waals surface area contributed by atoms with E-state index in [1.807, 2.05) is 32.0 Å². The van der Waals surface area contributed by atoms with Gasteiger partial charge in [0.05, 0.1) is 32.7 Å². The molecule has 0 saturated carbocycles. The number of aromatic nitrogens is 3. The van der Waals surface area contributed by atoms with Crippen molar-refractivity contribution in [3.05, 3.63) is 58.4 Å². The Morgan fingerprint density at radius 2 is 1.60 bits per heavy atom. The molecule has 2 aromatic carbocycles. The van der Waals surface area contributed by atoms with Crippen molar-refractivity contribution < 1.29 is 23.7 Å². The van der Waals surface area contributed by atoms with E-state index in [-0.39, 0.29) is 12.3 Å². The predicted octanol–water partition coefficient (Wildman–Crippen LogP) is 3.58. The van der Waals surface area contributed by atoms with Crippen LogP contribution in [0.5, 0.6) is 17.2 Å². The number of carbonyl (C=O) groups is 1. The lowest BCUT2D eigenvalue weighted by atomic mass is 10.1. The van der Waals surface area contributed by atoms with Gasteiger partial charge >= 0.3 is 5.97 Å². The van der Waals surface area contributed by atoms with Crippen LogP contribution in [0, 0.1) is 20.8 Å². The Bertz CT molecular complexity index is 1050. The fourth-order valence-electron chi connectivity index (χ4n) is 3.14. The molecule has 0 aliphatic heterocycles. The molecule has 0 fully saturated rings. The van der Waals surface area contributed by atoms with Crippen LogP contribution in [0.1, 0.15) is 32.9 Å². The Morgan fingerprint density at radius 1 is 0.933 bits per heavy atom. The Kier molecular flexibility index (Phi) is 6.25. The molecular weight excluding hydrogens is 386 g/mol. The Balaban J connectivity index is 1.80. The molecule has 158 valence electrons. The van der Waals surface area contributed by atoms with E-state index >= 15 is 0 Å². The number of benzene rings is 2. The number of hydrogen-bond donors (Lipinski definition) is 0. The zero-order valence-electron chi connectivity index (χ0n) is 18.0. The first-order chi connectivity index (χ1) is 14.4. The average Bonchev–Trinajstić information content (AvgIpc) is 3.12. The molecule has 0 N–H and O–H groups in total. The van der Waals surface area contributed by atoms with Crippen LogP contribution in [0.3, 0.4) is 0 Å². The SMILES string of the molecule is COc1cc(COC(=O)c2nn(-c3ccc(C)cc3C)nc2C)cc(OC)c1OC. The molecule has 1 aromatic heterocycles. The maximum Gasteiger partial charge on any atom is 0.361 e. The Labute approximate surface area is 175 Å². The molecule has 0 radical (unpaired) electrons. The van der Waals surface area contributed by atoms with Crippen molar-refractivity contribution >= 4 is 5.97 Å². The molecule has 1 heterocycles. The maximum atomic E-state index is 12.6. The molecule has 8 heteroatoms. The van der Waals surface area contributed by atoms with Crippen molar-refractivity contribution in [1.82, 2.24) is 15.0 Å². The molecule has 0 amide bonds. The number of nitrogens with zero attached hydrogens (tertiary/aromatic N) is 3. The highest BCUT2D eigenvalue weighted by molar-refractivity contribution is 5.88. The lowest BCUT2D eigenvalue weighted by Crippen LogP contribution is -2.09. The first kappa shape index (κ1) is 21.2. The highest BCUT2D eigenvalue weighted by atomic mass is 16.5. The average molecular weight is 411 g/mol. The van der Waals surface area contributed by atoms with Gasteiger partial charge in [-0.1, -0.05) is 17.7 Å². The number of rotatable bonds is 7. The smallest absolute Gasteiger partial charge is 0.361 e. The molecule has 0 spiro atoms. The summed E-state index contributed by atoms with van der Waals surface area (Å²) in [7, 11) is 4.59. The summed E-state index contributed by atoms with van der Waals surface area (Å²) >= 11 is 0. The minimum atomic E-state index is -0.558. The van der Waals surface area contributed by atoms with Gasteiger partial charge in [0.1, 0.15) is 6.61 Å². The molecule has 3 rings (SSSR count). The van der Waals surface area contributed by atoms with E-state index in [4.69, 9.17) is 18.9 Å². The second kappa shape index (κ2) is 8.86. The number of methoxy groups -OCH3 is 3. The summed E-state index contributed by atoms with van der Waals surface area (Å²) < 4.78 is 21.4. The van der Waals surface area contributed by atoms with E-state index in [9.17, 15) is 4.79 Å². The molecule has 3 aromatic rings. The third-order valence-electron chi connectivity index (χ3n) is 4.64. The summed E-state index contributed by atoms with van der Waals surface area (Å²) in [4.78, 5) is 14.1. The summed E-state index contributed by atoms with van der Waals surface area (Å²) in [6.07, 6.45) is 0. The van der Waals surface area contributed by atoms with Gasteiger partial charge in [0.25, 0.3) is 0 Å². The molecule has 0 bridgehead atoms. The second-order valence-electron chi connectivity index (χ2n) is 6.82. The lowest BCUT2D eigenvalue weighted by Gasteiger charge is -2.14. The molecule has 0 unspecified atom stereocenters. The largest absolute Gasteiger partial charge is 0.493 e. The van der Waals surface area contributed by atoms with Gasteiger partial charge in [-0.2, -0.15) is 9.90 Å². The van der Waals surface area contributed by atoms with Crippen LogP contribution in [-0.2, 0) is 11.3 Å². The predicted molar refractivity (Wildman–Crippen MR) is 111 cm³/mol. The van der Waals surface area contributed by atoms with Crippen LogP contribution >= 0.6 is 0 Å². The highest BCUT2D eigenvalue weighted by Crippen LogP contribution is 2.38. The van der Waals surface area contributed by atoms with E-state index in [2.05, 4.69) is 10.2 Å². The summed E-state index contributed by atoms with van der Waals surface area (Å²) in [5.74, 6) is 0.888. The third-order valence-corrected chi connectivity index (χ3v) is 4.64. The van der Waals surface area contributed by atoms with Crippen LogP contribution in [0.4, 0.5) is 0 Å². The first-order valence-electron chi connectivity index (χ1n) is 9.35. The number of aryl methyl sites for hydroxylation is 3. The monoisotopic (exact) mass is 411 g/mol. The summed E-state index contributed by atoms with van der Waals surface area (Å²) in [6.45, 7) is 5.74. The first-order valence-corrected chi connectivity index (χ1v) is 9.35. The zero-order chi connectivity index (χ0) is 21.8. The minimum absolute atomic E-state index is 0.0193. The van der Waals surface area contributed by atoms with Gasteiger partial charge in [-0.15, -0.1) is 5.10 Å². The number of ether oxygens (including phenoxy) is 4. The van der Waals surface area contributed by atoms with Crippen molar-refractivity contribution in [2.45, 2.75) is 27.4 Å². The Hall–Kier alpha value is -3.55. The normalized spacial score (nSPS) is 10.6. The van der Waals surface area contributed by atoms with Crippen LogP contribution in [0.25, 0.3) is 5.69 Å². The topological polar surface area (TPSA) is 84.7 Å². The van der Waals surface area contributed by atoms with Gasteiger partial charge in [-0.25, -0.2) is 4.79 Å². The molecule has 0 saturated heterocycles. The van der Waals surface area contributed by atoms with Crippen LogP contribution in [-0.4, -0.2) is 42.3 Å². The van der Waals surface area contributed by atoms with Gasteiger partial charge < -0.3 is 18.9 Å². The molecular formula is C22H25N3O5. The lowest BCUT2D eigenvalue weighted by molar-refractivity contribution is 0.0463. The van der Waals surface area contributed by atoms with Gasteiger partial charge in [-0.05, 0) is 50.1 Å². The second-order valence-corrected chi connectivity index (χ2v) is 6.82. The van der Waals surface area contributed by atoms with Gasteiger partial charge in [0, 0.05) is 0 Å². The molecule has 0 aliphatic rings. The van der Waals surface area contributed by atoms with Crippen molar-refractivity contribution in [1.29, 1.82) is 0 Å². The van der Waals surface area contributed by atoms with Gasteiger partial charge in [0.15, 0.2) is 17.2 Å². The zero-order valence-corrected chi connectivity index (χ0v) is 18.0. The van der Waals surface area contributed by atoms with E-state index in [0.29, 0.717) is 28.5 Å². The third kappa shape index (κ3) is 4.22. The number of hydrogen-bond acceptors (Lipinski definition) is 7. The quantitative estimate of drug-likeness (QED) is 0.550. The van der Waals surface area contributed by atoms with E-state index in [1.54, 1.807) is 19.1 Å². The molecule has 0 atom stereocenters. The van der Waals surface area contributed by atoms with Gasteiger partial charge in [-0.3, -0.25) is 0 Å². The standard InChI is InChI=1S/C22H25N3O5/c1-13-7-8-17(14(2)9-13)25-23-15(3)20(24-25)22(26)30-12-16-10-18(27-4)21(29-6)19(11-16)28-5/h7-11H,12H2,1-6H3. The van der Waals surface area contributed by atoms with E-state index in [1.165, 1.54) is 26.1 Å². The van der Waals surface area contributed by atoms with Gasteiger partial charge in [0.2, 0.25) is 5.75 Å². The van der Waals surface area contributed by atoms with E-state index in [0.717, 1.165) is 16.8 Å².